The van der Waals surface area contributed by atoms with Gasteiger partial charge in [0.15, 0.2) is 5.96 Å². The Balaban J connectivity index is 2.44. The van der Waals surface area contributed by atoms with Gasteiger partial charge in [0.1, 0.15) is 41.4 Å². The molecule has 320 valence electrons. The number of carbonyl (C=O) groups is 6. The Kier molecular flexibility index (Phi) is 19.7. The molecule has 0 bridgehead atoms. The lowest BCUT2D eigenvalue weighted by Gasteiger charge is -2.34. The van der Waals surface area contributed by atoms with Crippen molar-refractivity contribution in [3.8, 4) is 17.2 Å². The van der Waals surface area contributed by atoms with Gasteiger partial charge in [0.05, 0.1) is 19.7 Å². The van der Waals surface area contributed by atoms with Crippen LogP contribution in [-0.2, 0) is 41.7 Å². The summed E-state index contributed by atoms with van der Waals surface area (Å²) in [5.74, 6) is -5.05. The summed E-state index contributed by atoms with van der Waals surface area (Å²) >= 11 is 0. The van der Waals surface area contributed by atoms with E-state index in [0.717, 1.165) is 4.90 Å². The van der Waals surface area contributed by atoms with E-state index in [1.807, 2.05) is 0 Å². The van der Waals surface area contributed by atoms with Gasteiger partial charge in [0, 0.05) is 38.1 Å². The second kappa shape index (κ2) is 23.8. The van der Waals surface area contributed by atoms with E-state index in [1.165, 1.54) is 57.4 Å². The topological polar surface area (TPSA) is 314 Å². The molecular weight excluding hydrogens is 754 g/mol. The number of guanidine groups is 1. The maximum atomic E-state index is 14.6. The van der Waals surface area contributed by atoms with E-state index < -0.39 is 65.7 Å². The summed E-state index contributed by atoms with van der Waals surface area (Å²) in [6.45, 7) is 6.30. The van der Waals surface area contributed by atoms with Gasteiger partial charge >= 0.3 is 5.97 Å². The van der Waals surface area contributed by atoms with Crippen molar-refractivity contribution < 1.29 is 48.8 Å². The van der Waals surface area contributed by atoms with E-state index in [0.29, 0.717) is 37.1 Å². The minimum atomic E-state index is -1.38. The highest BCUT2D eigenvalue weighted by Gasteiger charge is 2.36. The van der Waals surface area contributed by atoms with E-state index in [4.69, 9.17) is 21.9 Å². The number of nitrogens with zero attached hydrogens (tertiary/aromatic N) is 2. The number of nitrogens with one attached hydrogen (secondary N) is 4. The third kappa shape index (κ3) is 16.2. The van der Waals surface area contributed by atoms with Crippen LogP contribution in [0.1, 0.15) is 70.9 Å². The number of hydrogen-bond acceptors (Lipinski definition) is 11. The van der Waals surface area contributed by atoms with Crippen LogP contribution in [0.4, 0.5) is 0 Å². The first-order valence-corrected chi connectivity index (χ1v) is 19.0. The molecule has 0 spiro atoms. The summed E-state index contributed by atoms with van der Waals surface area (Å²) < 4.78 is 5.19. The van der Waals surface area contributed by atoms with E-state index in [2.05, 4.69) is 26.3 Å². The van der Waals surface area contributed by atoms with Crippen LogP contribution in [-0.4, -0.2) is 112 Å². The highest BCUT2D eigenvalue weighted by molar-refractivity contribution is 5.95. The number of unbranched alkanes of at least 4 members (excludes halogenated alkanes) is 1. The maximum absolute atomic E-state index is 14.6. The normalized spacial score (nSPS) is 13.5. The summed E-state index contributed by atoms with van der Waals surface area (Å²) in [5.41, 5.74) is 17.7. The number of phenols is 2. The second-order valence-corrected chi connectivity index (χ2v) is 14.2. The van der Waals surface area contributed by atoms with Crippen molar-refractivity contribution >= 4 is 41.5 Å². The molecule has 0 heterocycles. The number of ether oxygens (including phenoxy) is 1. The number of methoxy groups -OCH3 is 1. The summed E-state index contributed by atoms with van der Waals surface area (Å²) in [5, 5.41) is 40.9. The number of aliphatic imine (C=N–C) groups is 1. The quantitative estimate of drug-likeness (QED) is 0.0378. The molecule has 13 N–H and O–H groups in total. The van der Waals surface area contributed by atoms with Crippen molar-refractivity contribution in [1.29, 1.82) is 0 Å². The largest absolute Gasteiger partial charge is 0.508 e. The smallest absolute Gasteiger partial charge is 0.326 e. The van der Waals surface area contributed by atoms with Gasteiger partial charge < -0.3 is 63.4 Å². The Bertz CT molecular complexity index is 1730. The van der Waals surface area contributed by atoms with E-state index in [9.17, 15) is 44.1 Å². The molecule has 58 heavy (non-hydrogen) atoms. The van der Waals surface area contributed by atoms with Crippen molar-refractivity contribution in [2.24, 2.45) is 28.1 Å². The number of phenolic OH excluding ortho intramolecular Hbond substituents is 2. The third-order valence-corrected chi connectivity index (χ3v) is 9.21. The van der Waals surface area contributed by atoms with Crippen LogP contribution in [0.2, 0.25) is 0 Å². The van der Waals surface area contributed by atoms with E-state index >= 15 is 0 Å². The molecule has 0 fully saturated rings. The minimum Gasteiger partial charge on any atom is -0.508 e. The first-order chi connectivity index (χ1) is 27.3. The molecular formula is C39H59N9O10. The molecule has 0 saturated heterocycles. The van der Waals surface area contributed by atoms with Gasteiger partial charge in [-0.05, 0) is 74.8 Å². The summed E-state index contributed by atoms with van der Waals surface area (Å²) in [4.78, 5) is 84.2. The van der Waals surface area contributed by atoms with Gasteiger partial charge in [-0.3, -0.25) is 29.0 Å². The van der Waals surface area contributed by atoms with Gasteiger partial charge in [0.2, 0.25) is 29.5 Å². The predicted molar refractivity (Wildman–Crippen MR) is 215 cm³/mol. The molecule has 2 rings (SSSR count). The van der Waals surface area contributed by atoms with Crippen LogP contribution >= 0.6 is 0 Å². The monoisotopic (exact) mass is 813 g/mol. The molecule has 19 heteroatoms. The van der Waals surface area contributed by atoms with Crippen LogP contribution < -0.4 is 43.2 Å². The average molecular weight is 814 g/mol. The fourth-order valence-corrected chi connectivity index (χ4v) is 5.80. The number of carboxylic acid groups (broad SMARTS) is 1. The summed E-state index contributed by atoms with van der Waals surface area (Å²) in [6.07, 6.45) is 1.35. The molecule has 0 aliphatic heterocycles. The number of benzene rings is 2. The first kappa shape index (κ1) is 48.0. The maximum Gasteiger partial charge on any atom is 0.326 e. The molecule has 0 radical (unpaired) electrons. The molecule has 0 aromatic heterocycles. The molecule has 0 aliphatic rings. The molecule has 2 aromatic rings. The van der Waals surface area contributed by atoms with Crippen LogP contribution in [0.5, 0.6) is 17.2 Å². The van der Waals surface area contributed by atoms with Gasteiger partial charge in [-0.25, -0.2) is 4.79 Å². The number of carbonyl (C=O) groups excluding carboxylic acids is 5. The second-order valence-electron chi connectivity index (χ2n) is 14.2. The number of amides is 5. The van der Waals surface area contributed by atoms with Crippen molar-refractivity contribution in [1.82, 2.24) is 26.2 Å². The fraction of sp³-hybridized carbons (Fsp3) is 0.513. The fourth-order valence-electron chi connectivity index (χ4n) is 5.80. The van der Waals surface area contributed by atoms with Crippen molar-refractivity contribution in [3.05, 3.63) is 53.6 Å². The number of carboxylic acids is 1. The lowest BCUT2D eigenvalue weighted by molar-refractivity contribution is -0.145. The van der Waals surface area contributed by atoms with Gasteiger partial charge in [-0.2, -0.15) is 0 Å². The number of nitrogens with two attached hydrogens (primary N) is 3. The summed E-state index contributed by atoms with van der Waals surface area (Å²) in [7, 11) is 1.41. The van der Waals surface area contributed by atoms with Gasteiger partial charge in [-0.1, -0.05) is 26.0 Å². The molecule has 5 atom stereocenters. The number of rotatable bonds is 24. The molecule has 0 unspecified atom stereocenters. The zero-order valence-electron chi connectivity index (χ0n) is 33.7. The number of aromatic hydroxyl groups is 2. The van der Waals surface area contributed by atoms with Crippen LogP contribution in [0.25, 0.3) is 0 Å². The zero-order valence-corrected chi connectivity index (χ0v) is 33.7. The Morgan fingerprint density at radius 1 is 0.845 bits per heavy atom. The standard InChI is InChI=1S/C39H59N9O10/c1-22(2)33(36(54)46-31(38(56)57)19-25-11-14-27(50)15-12-25)47-34(52)23(3)48(21-26-13-16-28(58-5)20-32(26)51)37(55)30(10-6-7-17-43-24(4)49)45-35(53)29(40)9-8-18-44-39(41)42/h11-16,20,22-23,29-31,33,50-51H,6-10,17-19,21,40H2,1-5H3,(H,43,49)(H,45,53)(H,46,54)(H,47,52)(H,56,57)(H4,41,42,44)/t23-,29-,30-,31-,33-/m0/s1. The Labute approximate surface area is 338 Å². The van der Waals surface area contributed by atoms with Crippen LogP contribution in [0, 0.1) is 5.92 Å². The SMILES string of the molecule is COc1ccc(CN(C(=O)[C@H](CCCCNC(C)=O)NC(=O)[C@@H](N)CCCN=C(N)N)[C@@H](C)C(=O)N[C@H](C(=O)N[C@@H](Cc2ccc(O)cc2)C(=O)O)C(C)C)c(O)c1. The highest BCUT2D eigenvalue weighted by Crippen LogP contribution is 2.26. The summed E-state index contributed by atoms with van der Waals surface area (Å²) in [6, 6.07) is 4.02. The number of aliphatic carboxylic acids is 1. The lowest BCUT2D eigenvalue weighted by Crippen LogP contribution is -2.59. The van der Waals surface area contributed by atoms with E-state index in [-0.39, 0.29) is 61.3 Å². The Morgan fingerprint density at radius 2 is 1.50 bits per heavy atom. The lowest BCUT2D eigenvalue weighted by atomic mass is 10.0. The van der Waals surface area contributed by atoms with Crippen molar-refractivity contribution in [2.75, 3.05) is 20.2 Å². The van der Waals surface area contributed by atoms with Crippen LogP contribution in [0.3, 0.4) is 0 Å². The third-order valence-electron chi connectivity index (χ3n) is 9.21. The van der Waals surface area contributed by atoms with Crippen molar-refractivity contribution in [2.45, 2.75) is 103 Å². The predicted octanol–water partition coefficient (Wildman–Crippen LogP) is -0.0515. The average Bonchev–Trinajstić information content (AvgIpc) is 3.16. The molecule has 19 nitrogen and oxygen atoms in total. The van der Waals surface area contributed by atoms with Gasteiger partial charge in [0.25, 0.3) is 0 Å². The highest BCUT2D eigenvalue weighted by atomic mass is 16.5. The molecule has 5 amide bonds. The zero-order chi connectivity index (χ0) is 43.5. The van der Waals surface area contributed by atoms with E-state index in [1.54, 1.807) is 19.9 Å². The number of hydrogen-bond donors (Lipinski definition) is 10. The first-order valence-electron chi connectivity index (χ1n) is 19.0. The molecule has 0 saturated carbocycles. The minimum absolute atomic E-state index is 0.0127. The van der Waals surface area contributed by atoms with Gasteiger partial charge in [-0.15, -0.1) is 0 Å². The van der Waals surface area contributed by atoms with Crippen molar-refractivity contribution in [3.63, 3.8) is 0 Å². The van der Waals surface area contributed by atoms with Crippen LogP contribution in [0.15, 0.2) is 47.5 Å². The molecule has 2 aromatic carbocycles. The Hall–Kier alpha value is -6.11. The molecule has 0 aliphatic carbocycles. The Morgan fingerprint density at radius 3 is 2.07 bits per heavy atom.